The van der Waals surface area contributed by atoms with Crippen molar-refractivity contribution in [1.82, 2.24) is 9.78 Å². The van der Waals surface area contributed by atoms with Crippen molar-refractivity contribution in [2.75, 3.05) is 12.4 Å². The number of nitrogens with zero attached hydrogens (tertiary/aromatic N) is 2. The lowest BCUT2D eigenvalue weighted by molar-refractivity contribution is 0.0594. The van der Waals surface area contributed by atoms with Crippen LogP contribution in [0, 0.1) is 0 Å². The Morgan fingerprint density at radius 2 is 1.90 bits per heavy atom. The third-order valence-corrected chi connectivity index (χ3v) is 5.04. The van der Waals surface area contributed by atoms with E-state index >= 15 is 0 Å². The minimum atomic E-state index is -0.629. The molecule has 0 aliphatic heterocycles. The van der Waals surface area contributed by atoms with Gasteiger partial charge in [-0.05, 0) is 49.1 Å². The molecule has 0 saturated heterocycles. The van der Waals surface area contributed by atoms with E-state index in [0.717, 1.165) is 12.2 Å². The van der Waals surface area contributed by atoms with Crippen LogP contribution in [0.25, 0.3) is 0 Å². The number of benzene rings is 1. The van der Waals surface area contributed by atoms with E-state index in [9.17, 15) is 9.59 Å². The van der Waals surface area contributed by atoms with Crippen LogP contribution in [0.5, 0.6) is 5.75 Å². The van der Waals surface area contributed by atoms with E-state index in [1.807, 2.05) is 19.1 Å². The van der Waals surface area contributed by atoms with E-state index in [-0.39, 0.29) is 23.7 Å². The van der Waals surface area contributed by atoms with E-state index < -0.39 is 11.9 Å². The fourth-order valence-electron chi connectivity index (χ4n) is 2.97. The molecule has 0 aliphatic carbocycles. The molecule has 3 rings (SSSR count). The minimum Gasteiger partial charge on any atom is -0.486 e. The molecule has 3 aromatic rings. The summed E-state index contributed by atoms with van der Waals surface area (Å²) in [5.74, 6) is 0.716. The van der Waals surface area contributed by atoms with Gasteiger partial charge in [0.25, 0.3) is 5.91 Å². The molecule has 0 bridgehead atoms. The second-order valence-electron chi connectivity index (χ2n) is 7.13. The number of methoxy groups -OCH3 is 1. The van der Waals surface area contributed by atoms with Crippen molar-refractivity contribution in [3.05, 3.63) is 65.4 Å². The summed E-state index contributed by atoms with van der Waals surface area (Å²) in [4.78, 5) is 24.4. The molecule has 0 fully saturated rings. The average molecular weight is 425 g/mol. The summed E-state index contributed by atoms with van der Waals surface area (Å²) in [7, 11) is 1.26. The van der Waals surface area contributed by atoms with Crippen molar-refractivity contribution in [2.45, 2.75) is 46.3 Å². The second kappa shape index (κ2) is 9.97. The predicted octanol–water partition coefficient (Wildman–Crippen LogP) is 4.63. The Kier molecular flexibility index (Phi) is 7.12. The summed E-state index contributed by atoms with van der Waals surface area (Å²) in [6.45, 7) is 6.95. The Bertz CT molecular complexity index is 1040. The quantitative estimate of drug-likeness (QED) is 0.502. The van der Waals surface area contributed by atoms with E-state index in [0.29, 0.717) is 18.2 Å². The number of carbonyl (C=O) groups is 2. The first-order valence-electron chi connectivity index (χ1n) is 10.2. The van der Waals surface area contributed by atoms with Crippen molar-refractivity contribution in [1.29, 1.82) is 0 Å². The van der Waals surface area contributed by atoms with Gasteiger partial charge >= 0.3 is 5.97 Å². The number of carbonyl (C=O) groups excluding carboxylic acids is 2. The summed E-state index contributed by atoms with van der Waals surface area (Å²) >= 11 is 0. The number of furan rings is 1. The van der Waals surface area contributed by atoms with Crippen molar-refractivity contribution in [3.8, 4) is 5.75 Å². The van der Waals surface area contributed by atoms with Crippen molar-refractivity contribution >= 4 is 17.6 Å². The van der Waals surface area contributed by atoms with Gasteiger partial charge in [-0.3, -0.25) is 9.48 Å². The van der Waals surface area contributed by atoms with Gasteiger partial charge < -0.3 is 19.2 Å². The summed E-state index contributed by atoms with van der Waals surface area (Å²) in [6, 6.07) is 11.2. The van der Waals surface area contributed by atoms with Crippen LogP contribution in [0.3, 0.4) is 0 Å². The van der Waals surface area contributed by atoms with E-state index in [4.69, 9.17) is 13.9 Å². The first-order chi connectivity index (χ1) is 14.9. The number of anilines is 1. The van der Waals surface area contributed by atoms with Crippen LogP contribution in [-0.2, 0) is 17.9 Å². The molecule has 0 aliphatic rings. The number of amides is 1. The topological polar surface area (TPSA) is 95.6 Å². The molecule has 1 N–H and O–H groups in total. The Hall–Kier alpha value is -3.55. The van der Waals surface area contributed by atoms with Gasteiger partial charge in [-0.15, -0.1) is 0 Å². The fourth-order valence-corrected chi connectivity index (χ4v) is 2.97. The monoisotopic (exact) mass is 425 g/mol. The number of rotatable bonds is 9. The molecule has 0 spiro atoms. The standard InChI is InChI=1S/C23H27N3O5/c1-5-15(3)16-7-9-17(10-8-16)30-14-18-11-12-20(31-18)22(27)24-19-13-26(6-2)25-21(19)23(28)29-4/h7-13,15H,5-6,14H2,1-4H3,(H,24,27). The van der Waals surface area contributed by atoms with Gasteiger partial charge in [0.15, 0.2) is 11.5 Å². The predicted molar refractivity (Wildman–Crippen MR) is 115 cm³/mol. The molecule has 0 radical (unpaired) electrons. The smallest absolute Gasteiger partial charge is 0.360 e. The zero-order valence-corrected chi connectivity index (χ0v) is 18.2. The molecule has 2 heterocycles. The SMILES string of the molecule is CCC(C)c1ccc(OCc2ccc(C(=O)Nc3cn(CC)nc3C(=O)OC)o2)cc1. The average Bonchev–Trinajstić information content (AvgIpc) is 3.44. The zero-order chi connectivity index (χ0) is 22.4. The number of aryl methyl sites for hydroxylation is 1. The summed E-state index contributed by atoms with van der Waals surface area (Å²) in [5, 5.41) is 6.76. The van der Waals surface area contributed by atoms with Crippen molar-refractivity contribution < 1.29 is 23.5 Å². The third kappa shape index (κ3) is 5.33. The molecule has 1 unspecified atom stereocenters. The highest BCUT2D eigenvalue weighted by Gasteiger charge is 2.21. The Labute approximate surface area is 181 Å². The third-order valence-electron chi connectivity index (χ3n) is 5.04. The molecular formula is C23H27N3O5. The first kappa shape index (κ1) is 22.1. The number of hydrogen-bond donors (Lipinski definition) is 1. The van der Waals surface area contributed by atoms with Crippen LogP contribution in [0.2, 0.25) is 0 Å². The summed E-state index contributed by atoms with van der Waals surface area (Å²) in [5.41, 5.74) is 1.56. The Morgan fingerprint density at radius 3 is 2.55 bits per heavy atom. The molecule has 164 valence electrons. The number of ether oxygens (including phenoxy) is 2. The molecule has 8 nitrogen and oxygen atoms in total. The second-order valence-corrected chi connectivity index (χ2v) is 7.13. The molecule has 8 heteroatoms. The lowest BCUT2D eigenvalue weighted by Crippen LogP contribution is -2.14. The van der Waals surface area contributed by atoms with Crippen LogP contribution < -0.4 is 10.1 Å². The first-order valence-corrected chi connectivity index (χ1v) is 10.2. The van der Waals surface area contributed by atoms with Gasteiger partial charge in [-0.25, -0.2) is 4.79 Å². The highest BCUT2D eigenvalue weighted by atomic mass is 16.5. The number of hydrogen-bond acceptors (Lipinski definition) is 6. The van der Waals surface area contributed by atoms with Crippen LogP contribution in [-0.4, -0.2) is 28.8 Å². The molecule has 1 atom stereocenters. The molecule has 31 heavy (non-hydrogen) atoms. The Morgan fingerprint density at radius 1 is 1.16 bits per heavy atom. The van der Waals surface area contributed by atoms with Crippen molar-refractivity contribution in [3.63, 3.8) is 0 Å². The molecular weight excluding hydrogens is 398 g/mol. The normalized spacial score (nSPS) is 11.7. The van der Waals surface area contributed by atoms with Gasteiger partial charge in [0.05, 0.1) is 12.8 Å². The maximum absolute atomic E-state index is 12.6. The van der Waals surface area contributed by atoms with Gasteiger partial charge in [0.2, 0.25) is 0 Å². The number of aromatic nitrogens is 2. The van der Waals surface area contributed by atoms with Crippen LogP contribution in [0.4, 0.5) is 5.69 Å². The summed E-state index contributed by atoms with van der Waals surface area (Å²) in [6.07, 6.45) is 2.65. The van der Waals surface area contributed by atoms with Gasteiger partial charge in [-0.2, -0.15) is 5.10 Å². The van der Waals surface area contributed by atoms with Crippen LogP contribution in [0.1, 0.15) is 65.5 Å². The Balaban J connectivity index is 1.62. The highest BCUT2D eigenvalue weighted by molar-refractivity contribution is 6.05. The van der Waals surface area contributed by atoms with Gasteiger partial charge in [0, 0.05) is 12.7 Å². The maximum atomic E-state index is 12.6. The largest absolute Gasteiger partial charge is 0.486 e. The van der Waals surface area contributed by atoms with Gasteiger partial charge in [0.1, 0.15) is 18.1 Å². The number of esters is 1. The van der Waals surface area contributed by atoms with Gasteiger partial charge in [-0.1, -0.05) is 26.0 Å². The number of nitrogens with one attached hydrogen (secondary N) is 1. The highest BCUT2D eigenvalue weighted by Crippen LogP contribution is 2.22. The zero-order valence-electron chi connectivity index (χ0n) is 18.2. The van der Waals surface area contributed by atoms with Crippen LogP contribution in [0.15, 0.2) is 47.0 Å². The minimum absolute atomic E-state index is 0.0358. The van der Waals surface area contributed by atoms with E-state index in [1.165, 1.54) is 17.4 Å². The molecule has 2 aromatic heterocycles. The van der Waals surface area contributed by atoms with Crippen LogP contribution >= 0.6 is 0 Å². The van der Waals surface area contributed by atoms with E-state index in [1.54, 1.807) is 18.3 Å². The summed E-state index contributed by atoms with van der Waals surface area (Å²) < 4.78 is 17.6. The molecule has 0 saturated carbocycles. The molecule has 1 amide bonds. The maximum Gasteiger partial charge on any atom is 0.360 e. The lowest BCUT2D eigenvalue weighted by Gasteiger charge is -2.10. The van der Waals surface area contributed by atoms with Crippen molar-refractivity contribution in [2.24, 2.45) is 0 Å². The lowest BCUT2D eigenvalue weighted by atomic mass is 9.99. The van der Waals surface area contributed by atoms with E-state index in [2.05, 4.69) is 36.4 Å². The fraction of sp³-hybridized carbons (Fsp3) is 0.348. The molecule has 1 aromatic carbocycles.